The molecule has 2 rings (SSSR count). The van der Waals surface area contributed by atoms with Crippen LogP contribution in [0.15, 0.2) is 22.9 Å². The van der Waals surface area contributed by atoms with Gasteiger partial charge >= 0.3 is 5.97 Å². The third kappa shape index (κ3) is 4.77. The lowest BCUT2D eigenvalue weighted by atomic mass is 9.98. The number of carboxylic acid groups (broad SMARTS) is 1. The summed E-state index contributed by atoms with van der Waals surface area (Å²) in [6.45, 7) is 7.87. The number of aromatic nitrogens is 3. The molecule has 0 radical (unpaired) electrons. The normalized spacial score (nSPS) is 11.7. The number of carbonyl (C=O) groups is 1. The smallest absolute Gasteiger partial charge is 0.303 e. The van der Waals surface area contributed by atoms with Crippen LogP contribution in [0.25, 0.3) is 11.5 Å². The molecule has 0 saturated heterocycles. The van der Waals surface area contributed by atoms with Gasteiger partial charge in [0.05, 0.1) is 0 Å². The van der Waals surface area contributed by atoms with Gasteiger partial charge in [-0.05, 0) is 32.4 Å². The van der Waals surface area contributed by atoms with E-state index in [2.05, 4.69) is 20.4 Å². The zero-order valence-electron chi connectivity index (χ0n) is 13.8. The van der Waals surface area contributed by atoms with Crippen molar-refractivity contribution in [2.45, 2.75) is 52.0 Å². The number of carboxylic acids is 1. The van der Waals surface area contributed by atoms with Gasteiger partial charge in [0.15, 0.2) is 5.82 Å². The van der Waals surface area contributed by atoms with Crippen LogP contribution in [0.1, 0.15) is 52.3 Å². The highest BCUT2D eigenvalue weighted by Crippen LogP contribution is 2.24. The molecule has 0 fully saturated rings. The maximum absolute atomic E-state index is 10.7. The fraction of sp³-hybridized carbons (Fsp3) is 0.500. The molecule has 7 nitrogen and oxygen atoms in total. The summed E-state index contributed by atoms with van der Waals surface area (Å²) in [5.41, 5.74) is 0.387. The summed E-state index contributed by atoms with van der Waals surface area (Å²) >= 11 is 0. The Hall–Kier alpha value is -2.44. The van der Waals surface area contributed by atoms with E-state index in [0.717, 1.165) is 5.56 Å². The second kappa shape index (κ2) is 6.76. The van der Waals surface area contributed by atoms with Crippen molar-refractivity contribution in [3.63, 3.8) is 0 Å². The van der Waals surface area contributed by atoms with Gasteiger partial charge in [-0.15, -0.1) is 0 Å². The molecule has 0 amide bonds. The molecule has 2 aromatic rings. The van der Waals surface area contributed by atoms with Gasteiger partial charge in [-0.25, -0.2) is 4.98 Å². The highest BCUT2D eigenvalue weighted by atomic mass is 16.5. The fourth-order valence-electron chi connectivity index (χ4n) is 2.05. The van der Waals surface area contributed by atoms with Crippen molar-refractivity contribution in [2.24, 2.45) is 0 Å². The molecule has 0 aromatic carbocycles. The summed E-state index contributed by atoms with van der Waals surface area (Å²) < 4.78 is 5.28. The van der Waals surface area contributed by atoms with E-state index in [1.807, 2.05) is 33.8 Å². The van der Waals surface area contributed by atoms with E-state index >= 15 is 0 Å². The molecule has 0 atom stereocenters. The SMILES string of the molecule is CC(C)c1noc(-c2ccnc(NC(C)(C)CCC(=O)O)c2)n1. The maximum Gasteiger partial charge on any atom is 0.303 e. The average Bonchev–Trinajstić information content (AvgIpc) is 2.95. The van der Waals surface area contributed by atoms with Gasteiger partial charge in [-0.3, -0.25) is 4.79 Å². The Bertz CT molecular complexity index is 679. The van der Waals surface area contributed by atoms with Crippen molar-refractivity contribution in [1.29, 1.82) is 0 Å². The summed E-state index contributed by atoms with van der Waals surface area (Å²) in [5, 5.41) is 16.0. The number of rotatable bonds is 7. The molecule has 23 heavy (non-hydrogen) atoms. The van der Waals surface area contributed by atoms with E-state index in [1.165, 1.54) is 0 Å². The lowest BCUT2D eigenvalue weighted by Crippen LogP contribution is -2.31. The highest BCUT2D eigenvalue weighted by molar-refractivity contribution is 5.67. The number of pyridine rings is 1. The third-order valence-electron chi connectivity index (χ3n) is 3.40. The Kier molecular flexibility index (Phi) is 4.98. The molecule has 2 aromatic heterocycles. The van der Waals surface area contributed by atoms with Crippen molar-refractivity contribution < 1.29 is 14.4 Å². The summed E-state index contributed by atoms with van der Waals surface area (Å²) in [6, 6.07) is 3.62. The van der Waals surface area contributed by atoms with E-state index < -0.39 is 5.97 Å². The number of anilines is 1. The van der Waals surface area contributed by atoms with Crippen LogP contribution in [-0.2, 0) is 4.79 Å². The molecule has 7 heteroatoms. The van der Waals surface area contributed by atoms with Crippen molar-refractivity contribution in [3.05, 3.63) is 24.2 Å². The van der Waals surface area contributed by atoms with Crippen molar-refractivity contribution >= 4 is 11.8 Å². The van der Waals surface area contributed by atoms with Crippen molar-refractivity contribution in [3.8, 4) is 11.5 Å². The molecular weight excluding hydrogens is 296 g/mol. The lowest BCUT2D eigenvalue weighted by Gasteiger charge is -2.26. The first kappa shape index (κ1) is 16.9. The zero-order chi connectivity index (χ0) is 17.0. The molecule has 0 bridgehead atoms. The van der Waals surface area contributed by atoms with Crippen LogP contribution in [0, 0.1) is 0 Å². The van der Waals surface area contributed by atoms with Crippen LogP contribution in [0.4, 0.5) is 5.82 Å². The van der Waals surface area contributed by atoms with E-state index in [4.69, 9.17) is 9.63 Å². The minimum absolute atomic E-state index is 0.0983. The molecular formula is C16H22N4O3. The Balaban J connectivity index is 2.14. The number of nitrogens with one attached hydrogen (secondary N) is 1. The second-order valence-corrected chi connectivity index (χ2v) is 6.44. The maximum atomic E-state index is 10.7. The highest BCUT2D eigenvalue weighted by Gasteiger charge is 2.20. The molecule has 2 N–H and O–H groups in total. The lowest BCUT2D eigenvalue weighted by molar-refractivity contribution is -0.137. The largest absolute Gasteiger partial charge is 0.481 e. The van der Waals surface area contributed by atoms with Gasteiger partial charge in [0.25, 0.3) is 5.89 Å². The van der Waals surface area contributed by atoms with E-state index in [-0.39, 0.29) is 17.9 Å². The molecule has 124 valence electrons. The predicted molar refractivity (Wildman–Crippen MR) is 86.2 cm³/mol. The Morgan fingerprint density at radius 2 is 2.17 bits per heavy atom. The second-order valence-electron chi connectivity index (χ2n) is 6.44. The molecule has 0 spiro atoms. The van der Waals surface area contributed by atoms with E-state index in [1.54, 1.807) is 12.3 Å². The van der Waals surface area contributed by atoms with Gasteiger partial charge in [0, 0.05) is 29.6 Å². The minimum Gasteiger partial charge on any atom is -0.481 e. The number of nitrogens with zero attached hydrogens (tertiary/aromatic N) is 3. The first-order chi connectivity index (χ1) is 10.8. The topological polar surface area (TPSA) is 101 Å². The van der Waals surface area contributed by atoms with Gasteiger partial charge < -0.3 is 14.9 Å². The van der Waals surface area contributed by atoms with Crippen molar-refractivity contribution in [2.75, 3.05) is 5.32 Å². The summed E-state index contributed by atoms with van der Waals surface area (Å²) in [4.78, 5) is 19.4. The Morgan fingerprint density at radius 3 is 2.78 bits per heavy atom. The average molecular weight is 318 g/mol. The van der Waals surface area contributed by atoms with Crippen LogP contribution in [0.3, 0.4) is 0 Å². The summed E-state index contributed by atoms with van der Waals surface area (Å²) in [7, 11) is 0. The first-order valence-electron chi connectivity index (χ1n) is 7.57. The van der Waals surface area contributed by atoms with Gasteiger partial charge in [-0.1, -0.05) is 19.0 Å². The number of aliphatic carboxylic acids is 1. The molecule has 0 aliphatic carbocycles. The predicted octanol–water partition coefficient (Wildman–Crippen LogP) is 3.31. The van der Waals surface area contributed by atoms with Crippen molar-refractivity contribution in [1.82, 2.24) is 15.1 Å². The first-order valence-corrected chi connectivity index (χ1v) is 7.57. The quantitative estimate of drug-likeness (QED) is 0.807. The van der Waals surface area contributed by atoms with Crippen LogP contribution >= 0.6 is 0 Å². The molecule has 2 heterocycles. The monoisotopic (exact) mass is 318 g/mol. The molecule has 0 aliphatic heterocycles. The number of hydrogen-bond donors (Lipinski definition) is 2. The fourth-order valence-corrected chi connectivity index (χ4v) is 2.05. The van der Waals surface area contributed by atoms with E-state index in [9.17, 15) is 4.79 Å². The van der Waals surface area contributed by atoms with E-state index in [0.29, 0.717) is 24.0 Å². The Labute approximate surface area is 135 Å². The van der Waals surface area contributed by atoms with Crippen LogP contribution < -0.4 is 5.32 Å². The van der Waals surface area contributed by atoms with Gasteiger partial charge in [-0.2, -0.15) is 4.98 Å². The van der Waals surface area contributed by atoms with Crippen LogP contribution in [-0.4, -0.2) is 31.7 Å². The molecule has 0 saturated carbocycles. The van der Waals surface area contributed by atoms with Gasteiger partial charge in [0.1, 0.15) is 5.82 Å². The molecule has 0 aliphatic rings. The Morgan fingerprint density at radius 1 is 1.43 bits per heavy atom. The zero-order valence-corrected chi connectivity index (χ0v) is 13.8. The van der Waals surface area contributed by atoms with Gasteiger partial charge in [0.2, 0.25) is 0 Å². The summed E-state index contributed by atoms with van der Waals surface area (Å²) in [6.07, 6.45) is 2.25. The summed E-state index contributed by atoms with van der Waals surface area (Å²) in [5.74, 6) is 1.13. The minimum atomic E-state index is -0.811. The third-order valence-corrected chi connectivity index (χ3v) is 3.40. The van der Waals surface area contributed by atoms with Crippen LogP contribution in [0.5, 0.6) is 0 Å². The number of hydrogen-bond acceptors (Lipinski definition) is 6. The van der Waals surface area contributed by atoms with Crippen LogP contribution in [0.2, 0.25) is 0 Å². The standard InChI is InChI=1S/C16H22N4O3/c1-10(2)14-18-15(23-20-14)11-6-8-17-12(9-11)19-16(3,4)7-5-13(21)22/h6,8-10H,5,7H2,1-4H3,(H,17,19)(H,21,22). The molecule has 0 unspecified atom stereocenters.